The molecule has 0 heterocycles. The zero-order valence-electron chi connectivity index (χ0n) is 13.0. The summed E-state index contributed by atoms with van der Waals surface area (Å²) >= 11 is 0. The van der Waals surface area contributed by atoms with Crippen molar-refractivity contribution in [1.82, 2.24) is 0 Å². The van der Waals surface area contributed by atoms with Gasteiger partial charge in [0.15, 0.2) is 23.3 Å². The fourth-order valence-corrected chi connectivity index (χ4v) is 2.06. The summed E-state index contributed by atoms with van der Waals surface area (Å²) < 4.78 is 70.5. The van der Waals surface area contributed by atoms with Crippen molar-refractivity contribution in [3.63, 3.8) is 0 Å². The number of esters is 1. The van der Waals surface area contributed by atoms with Crippen LogP contribution in [0.1, 0.15) is 51.5 Å². The number of carbonyl (C=O) groups is 1. The van der Waals surface area contributed by atoms with E-state index < -0.39 is 53.1 Å². The Labute approximate surface area is 131 Å². The van der Waals surface area contributed by atoms with E-state index in [4.69, 9.17) is 0 Å². The van der Waals surface area contributed by atoms with Crippen LogP contribution in [0.15, 0.2) is 0 Å². The third-order valence-corrected chi connectivity index (χ3v) is 3.55. The van der Waals surface area contributed by atoms with Crippen LogP contribution in [0, 0.1) is 35.0 Å². The third-order valence-electron chi connectivity index (χ3n) is 3.55. The van der Waals surface area contributed by atoms with Gasteiger partial charge in [-0.3, -0.25) is 4.79 Å². The quantitative estimate of drug-likeness (QED) is 0.218. The number of benzene rings is 1. The predicted molar refractivity (Wildman–Crippen MR) is 74.0 cm³/mol. The largest absolute Gasteiger partial charge is 0.460 e. The van der Waals surface area contributed by atoms with Crippen LogP contribution in [-0.2, 0) is 16.1 Å². The molecule has 1 rings (SSSR count). The van der Waals surface area contributed by atoms with Crippen LogP contribution < -0.4 is 0 Å². The molecule has 0 amide bonds. The summed E-state index contributed by atoms with van der Waals surface area (Å²) in [7, 11) is 0. The second kappa shape index (κ2) is 8.84. The summed E-state index contributed by atoms with van der Waals surface area (Å²) in [5.74, 6) is -11.5. The van der Waals surface area contributed by atoms with Gasteiger partial charge in [-0.25, -0.2) is 22.0 Å². The lowest BCUT2D eigenvalue weighted by Crippen LogP contribution is -2.17. The van der Waals surface area contributed by atoms with Gasteiger partial charge in [-0.15, -0.1) is 0 Å². The van der Waals surface area contributed by atoms with Crippen molar-refractivity contribution in [2.75, 3.05) is 0 Å². The van der Waals surface area contributed by atoms with E-state index in [9.17, 15) is 26.7 Å². The first-order valence-corrected chi connectivity index (χ1v) is 7.48. The highest BCUT2D eigenvalue weighted by Gasteiger charge is 2.26. The van der Waals surface area contributed by atoms with E-state index in [0.717, 1.165) is 25.7 Å². The number of halogens is 5. The molecule has 0 bridgehead atoms. The molecule has 23 heavy (non-hydrogen) atoms. The number of unbranched alkanes of at least 4 members (excludes halogenated alkanes) is 3. The number of hydrogen-bond acceptors (Lipinski definition) is 2. The molecule has 7 heteroatoms. The van der Waals surface area contributed by atoms with Crippen molar-refractivity contribution in [2.45, 2.75) is 52.6 Å². The Hall–Kier alpha value is -1.66. The maximum atomic E-state index is 13.4. The van der Waals surface area contributed by atoms with E-state index >= 15 is 0 Å². The second-order valence-corrected chi connectivity index (χ2v) is 5.41. The zero-order valence-corrected chi connectivity index (χ0v) is 13.0. The van der Waals surface area contributed by atoms with E-state index in [1.807, 2.05) is 6.92 Å². The average molecular weight is 338 g/mol. The fourth-order valence-electron chi connectivity index (χ4n) is 2.06. The summed E-state index contributed by atoms with van der Waals surface area (Å²) in [4.78, 5) is 11.7. The van der Waals surface area contributed by atoms with Crippen molar-refractivity contribution in [2.24, 2.45) is 5.92 Å². The minimum atomic E-state index is -2.24. The number of rotatable bonds is 8. The van der Waals surface area contributed by atoms with Crippen molar-refractivity contribution in [1.29, 1.82) is 0 Å². The molecule has 0 N–H and O–H groups in total. The molecule has 0 saturated heterocycles. The number of carbonyl (C=O) groups excluding carboxylic acids is 1. The first-order chi connectivity index (χ1) is 10.8. The smallest absolute Gasteiger partial charge is 0.308 e. The van der Waals surface area contributed by atoms with E-state index in [1.165, 1.54) is 0 Å². The topological polar surface area (TPSA) is 26.3 Å². The summed E-state index contributed by atoms with van der Waals surface area (Å²) in [5, 5.41) is 0. The summed E-state index contributed by atoms with van der Waals surface area (Å²) in [5.41, 5.74) is -1.15. The first-order valence-electron chi connectivity index (χ1n) is 7.48. The van der Waals surface area contributed by atoms with Crippen molar-refractivity contribution >= 4 is 5.97 Å². The Kier molecular flexibility index (Phi) is 7.45. The highest BCUT2D eigenvalue weighted by Crippen LogP contribution is 2.24. The van der Waals surface area contributed by atoms with Gasteiger partial charge in [0.25, 0.3) is 0 Å². The Bertz CT molecular complexity index is 531. The molecule has 0 spiro atoms. The van der Waals surface area contributed by atoms with Gasteiger partial charge in [-0.2, -0.15) is 0 Å². The maximum absolute atomic E-state index is 13.4. The molecule has 1 aromatic carbocycles. The Balaban J connectivity index is 2.66. The van der Waals surface area contributed by atoms with Gasteiger partial charge in [0.05, 0.1) is 11.5 Å². The lowest BCUT2D eigenvalue weighted by molar-refractivity contribution is -0.149. The molecular weight excluding hydrogens is 319 g/mol. The monoisotopic (exact) mass is 338 g/mol. The molecule has 0 aliphatic rings. The van der Waals surface area contributed by atoms with Gasteiger partial charge in [0.2, 0.25) is 5.82 Å². The Morgan fingerprint density at radius 1 is 0.913 bits per heavy atom. The van der Waals surface area contributed by atoms with Gasteiger partial charge in [0.1, 0.15) is 6.61 Å². The summed E-state index contributed by atoms with van der Waals surface area (Å²) in [6, 6.07) is 0. The molecule has 0 aliphatic carbocycles. The van der Waals surface area contributed by atoms with Gasteiger partial charge in [-0.1, -0.05) is 39.5 Å². The fraction of sp³-hybridized carbons (Fsp3) is 0.562. The molecule has 0 fully saturated rings. The molecule has 0 saturated carbocycles. The van der Waals surface area contributed by atoms with Crippen LogP contribution in [0.4, 0.5) is 22.0 Å². The zero-order chi connectivity index (χ0) is 17.6. The Morgan fingerprint density at radius 3 is 1.96 bits per heavy atom. The normalized spacial score (nSPS) is 12.3. The second-order valence-electron chi connectivity index (χ2n) is 5.41. The standard InChI is InChI=1S/C16H19F5O2/c1-3-4-5-6-7-9(2)16(22)23-8-10-11(17)13(19)15(21)14(20)12(10)18/h9H,3-8H2,1-2H3. The molecule has 0 aliphatic heterocycles. The minimum absolute atomic E-state index is 0.506. The molecule has 0 radical (unpaired) electrons. The van der Waals surface area contributed by atoms with Gasteiger partial charge >= 0.3 is 5.97 Å². The van der Waals surface area contributed by atoms with Crippen LogP contribution in [0.25, 0.3) is 0 Å². The van der Waals surface area contributed by atoms with E-state index in [1.54, 1.807) is 6.92 Å². The average Bonchev–Trinajstić information content (AvgIpc) is 2.54. The van der Waals surface area contributed by atoms with Crippen LogP contribution in [0.2, 0.25) is 0 Å². The maximum Gasteiger partial charge on any atom is 0.308 e. The molecule has 1 aromatic rings. The van der Waals surface area contributed by atoms with Crippen LogP contribution >= 0.6 is 0 Å². The van der Waals surface area contributed by atoms with E-state index in [-0.39, 0.29) is 0 Å². The molecule has 2 nitrogen and oxygen atoms in total. The molecule has 1 atom stereocenters. The third kappa shape index (κ3) is 4.91. The molecular formula is C16H19F5O2. The van der Waals surface area contributed by atoms with Gasteiger partial charge in [0, 0.05) is 0 Å². The Morgan fingerprint density at radius 2 is 1.43 bits per heavy atom. The van der Waals surface area contributed by atoms with Crippen molar-refractivity contribution in [3.8, 4) is 0 Å². The van der Waals surface area contributed by atoms with Crippen molar-refractivity contribution in [3.05, 3.63) is 34.6 Å². The molecule has 1 unspecified atom stereocenters. The van der Waals surface area contributed by atoms with E-state index in [2.05, 4.69) is 4.74 Å². The van der Waals surface area contributed by atoms with Gasteiger partial charge in [-0.05, 0) is 6.42 Å². The SMILES string of the molecule is CCCCCCC(C)C(=O)OCc1c(F)c(F)c(F)c(F)c1F. The molecule has 0 aromatic heterocycles. The number of ether oxygens (including phenoxy) is 1. The van der Waals surface area contributed by atoms with Crippen LogP contribution in [0.5, 0.6) is 0 Å². The van der Waals surface area contributed by atoms with Gasteiger partial charge < -0.3 is 4.74 Å². The van der Waals surface area contributed by atoms with Crippen LogP contribution in [-0.4, -0.2) is 5.97 Å². The van der Waals surface area contributed by atoms with E-state index in [0.29, 0.717) is 6.42 Å². The molecule has 130 valence electrons. The van der Waals surface area contributed by atoms with Crippen LogP contribution in [0.3, 0.4) is 0 Å². The highest BCUT2D eigenvalue weighted by molar-refractivity contribution is 5.71. The first kappa shape index (κ1) is 19.4. The minimum Gasteiger partial charge on any atom is -0.460 e. The highest BCUT2D eigenvalue weighted by atomic mass is 19.2. The summed E-state index contributed by atoms with van der Waals surface area (Å²) in [6.07, 6.45) is 4.36. The lowest BCUT2D eigenvalue weighted by Gasteiger charge is -2.13. The predicted octanol–water partition coefficient (Wildman–Crippen LogP) is 5.03. The lowest BCUT2D eigenvalue weighted by atomic mass is 10.0. The van der Waals surface area contributed by atoms with Crippen molar-refractivity contribution < 1.29 is 31.5 Å². The number of hydrogen-bond donors (Lipinski definition) is 0. The summed E-state index contributed by atoms with van der Waals surface area (Å²) in [6.45, 7) is 2.64.